The maximum atomic E-state index is 12.1. The first-order chi connectivity index (χ1) is 12.0. The van der Waals surface area contributed by atoms with E-state index in [9.17, 15) is 4.79 Å². The number of carbonyl (C=O) groups is 1. The molecule has 0 aliphatic heterocycles. The fourth-order valence-corrected chi connectivity index (χ4v) is 2.69. The summed E-state index contributed by atoms with van der Waals surface area (Å²) in [5.74, 6) is -0.113. The van der Waals surface area contributed by atoms with Crippen LogP contribution in [-0.2, 0) is 4.79 Å². The predicted octanol–water partition coefficient (Wildman–Crippen LogP) is 4.15. The van der Waals surface area contributed by atoms with Crippen LogP contribution in [0.5, 0.6) is 0 Å². The van der Waals surface area contributed by atoms with Crippen LogP contribution in [0.15, 0.2) is 48.7 Å². The van der Waals surface area contributed by atoms with Crippen molar-refractivity contribution < 1.29 is 4.79 Å². The monoisotopic (exact) mass is 334 g/mol. The van der Waals surface area contributed by atoms with E-state index in [1.54, 1.807) is 6.20 Å². The van der Waals surface area contributed by atoms with E-state index >= 15 is 0 Å². The van der Waals surface area contributed by atoms with Gasteiger partial charge in [0, 0.05) is 23.4 Å². The van der Waals surface area contributed by atoms with Gasteiger partial charge in [0.2, 0.25) is 5.91 Å². The molecule has 25 heavy (non-hydrogen) atoms. The summed E-state index contributed by atoms with van der Waals surface area (Å²) in [7, 11) is 0. The third kappa shape index (κ3) is 3.60. The Balaban J connectivity index is 2.02. The zero-order chi connectivity index (χ0) is 18.0. The normalized spacial score (nSPS) is 10.9. The predicted molar refractivity (Wildman–Crippen MR) is 99.7 cm³/mol. The van der Waals surface area contributed by atoms with E-state index in [2.05, 4.69) is 15.4 Å². The molecule has 0 fully saturated rings. The molecule has 2 heterocycles. The molecule has 1 N–H and O–H groups in total. The Morgan fingerprint density at radius 1 is 1.12 bits per heavy atom. The van der Waals surface area contributed by atoms with Crippen LogP contribution in [0.4, 0.5) is 5.69 Å². The number of aryl methyl sites for hydroxylation is 2. The summed E-state index contributed by atoms with van der Waals surface area (Å²) >= 11 is 0. The van der Waals surface area contributed by atoms with Gasteiger partial charge in [0.15, 0.2) is 0 Å². The summed E-state index contributed by atoms with van der Waals surface area (Å²) in [5.41, 5.74) is 5.42. The third-order valence-corrected chi connectivity index (χ3v) is 3.96. The molecular weight excluding hydrogens is 312 g/mol. The molecule has 3 rings (SSSR count). The van der Waals surface area contributed by atoms with Crippen LogP contribution >= 0.6 is 0 Å². The fourth-order valence-electron chi connectivity index (χ4n) is 2.69. The first-order valence-electron chi connectivity index (χ1n) is 8.35. The van der Waals surface area contributed by atoms with Gasteiger partial charge in [0.1, 0.15) is 0 Å². The average molecular weight is 334 g/mol. The quantitative estimate of drug-likeness (QED) is 0.780. The molecule has 0 aliphatic rings. The average Bonchev–Trinajstić information content (AvgIpc) is 2.94. The van der Waals surface area contributed by atoms with Crippen molar-refractivity contribution in [3.05, 3.63) is 60.0 Å². The first kappa shape index (κ1) is 16.9. The number of rotatable bonds is 4. The zero-order valence-electron chi connectivity index (χ0n) is 14.9. The molecule has 0 bridgehead atoms. The summed E-state index contributed by atoms with van der Waals surface area (Å²) in [6.45, 7) is 7.75. The number of nitrogens with one attached hydrogen (secondary N) is 1. The number of aromatic nitrogens is 3. The molecular formula is C20H22N4O. The molecule has 0 atom stereocenters. The molecule has 0 aliphatic carbocycles. The minimum atomic E-state index is -0.0888. The summed E-state index contributed by atoms with van der Waals surface area (Å²) in [6.07, 6.45) is 1.73. The molecule has 0 radical (unpaired) electrons. The molecule has 5 heteroatoms. The molecule has 1 amide bonds. The minimum Gasteiger partial charge on any atom is -0.324 e. The first-order valence-corrected chi connectivity index (χ1v) is 8.35. The molecule has 2 aromatic heterocycles. The van der Waals surface area contributed by atoms with Crippen LogP contribution in [0.3, 0.4) is 0 Å². The van der Waals surface area contributed by atoms with Gasteiger partial charge < -0.3 is 5.32 Å². The molecule has 0 unspecified atom stereocenters. The van der Waals surface area contributed by atoms with E-state index in [0.29, 0.717) is 5.69 Å². The Morgan fingerprint density at radius 3 is 2.60 bits per heavy atom. The van der Waals surface area contributed by atoms with Gasteiger partial charge in [-0.1, -0.05) is 26.0 Å². The molecule has 5 nitrogen and oxygen atoms in total. The maximum Gasteiger partial charge on any atom is 0.226 e. The second-order valence-corrected chi connectivity index (χ2v) is 6.43. The molecule has 1 aromatic carbocycles. The van der Waals surface area contributed by atoms with Gasteiger partial charge in [0.25, 0.3) is 0 Å². The Hall–Kier alpha value is -2.95. The lowest BCUT2D eigenvalue weighted by atomic mass is 10.1. The van der Waals surface area contributed by atoms with Crippen molar-refractivity contribution in [3.8, 4) is 16.9 Å². The minimum absolute atomic E-state index is 0.0241. The van der Waals surface area contributed by atoms with E-state index in [1.807, 2.05) is 74.8 Å². The Morgan fingerprint density at radius 2 is 1.92 bits per heavy atom. The number of hydrogen-bond donors (Lipinski definition) is 1. The number of carbonyl (C=O) groups excluding carboxylic acids is 1. The van der Waals surface area contributed by atoms with Crippen molar-refractivity contribution in [1.29, 1.82) is 0 Å². The summed E-state index contributed by atoms with van der Waals surface area (Å²) < 4.78 is 1.91. The molecule has 0 spiro atoms. The molecule has 0 saturated carbocycles. The number of anilines is 1. The third-order valence-electron chi connectivity index (χ3n) is 3.96. The topological polar surface area (TPSA) is 59.8 Å². The summed E-state index contributed by atoms with van der Waals surface area (Å²) in [6, 6.07) is 13.8. The van der Waals surface area contributed by atoms with Crippen LogP contribution in [0, 0.1) is 19.8 Å². The highest BCUT2D eigenvalue weighted by Gasteiger charge is 2.13. The van der Waals surface area contributed by atoms with Crippen LogP contribution < -0.4 is 5.32 Å². The van der Waals surface area contributed by atoms with E-state index in [0.717, 1.165) is 28.3 Å². The lowest BCUT2D eigenvalue weighted by Gasteiger charge is -2.13. The Bertz CT molecular complexity index is 912. The second-order valence-electron chi connectivity index (χ2n) is 6.43. The van der Waals surface area contributed by atoms with Crippen LogP contribution in [0.25, 0.3) is 16.9 Å². The van der Waals surface area contributed by atoms with Crippen molar-refractivity contribution in [2.45, 2.75) is 27.7 Å². The molecule has 0 saturated heterocycles. The van der Waals surface area contributed by atoms with E-state index in [1.165, 1.54) is 0 Å². The van der Waals surface area contributed by atoms with Gasteiger partial charge in [0.05, 0.1) is 22.8 Å². The van der Waals surface area contributed by atoms with Crippen molar-refractivity contribution in [2.24, 2.45) is 5.92 Å². The van der Waals surface area contributed by atoms with Crippen LogP contribution in [-0.4, -0.2) is 20.7 Å². The highest BCUT2D eigenvalue weighted by atomic mass is 16.1. The fraction of sp³-hybridized carbons (Fsp3) is 0.250. The van der Waals surface area contributed by atoms with E-state index in [-0.39, 0.29) is 11.8 Å². The van der Waals surface area contributed by atoms with Gasteiger partial charge >= 0.3 is 0 Å². The number of nitrogens with zero attached hydrogens (tertiary/aromatic N) is 3. The maximum absolute atomic E-state index is 12.1. The van der Waals surface area contributed by atoms with E-state index in [4.69, 9.17) is 0 Å². The largest absolute Gasteiger partial charge is 0.324 e. The number of hydrogen-bond acceptors (Lipinski definition) is 3. The van der Waals surface area contributed by atoms with Crippen molar-refractivity contribution in [3.63, 3.8) is 0 Å². The highest BCUT2D eigenvalue weighted by Crippen LogP contribution is 2.27. The number of pyridine rings is 1. The van der Waals surface area contributed by atoms with Gasteiger partial charge in [-0.05, 0) is 44.2 Å². The lowest BCUT2D eigenvalue weighted by molar-refractivity contribution is -0.118. The number of benzene rings is 1. The Kier molecular flexibility index (Phi) is 4.65. The summed E-state index contributed by atoms with van der Waals surface area (Å²) in [4.78, 5) is 16.6. The molecule has 3 aromatic rings. The zero-order valence-corrected chi connectivity index (χ0v) is 14.9. The van der Waals surface area contributed by atoms with E-state index < -0.39 is 0 Å². The highest BCUT2D eigenvalue weighted by molar-refractivity contribution is 5.95. The van der Waals surface area contributed by atoms with Gasteiger partial charge in [-0.2, -0.15) is 5.10 Å². The van der Waals surface area contributed by atoms with Gasteiger partial charge in [-0.15, -0.1) is 0 Å². The Labute approximate surface area is 147 Å². The van der Waals surface area contributed by atoms with Crippen molar-refractivity contribution in [1.82, 2.24) is 14.8 Å². The lowest BCUT2D eigenvalue weighted by Crippen LogP contribution is -2.18. The van der Waals surface area contributed by atoms with Gasteiger partial charge in [-0.25, -0.2) is 4.68 Å². The second kappa shape index (κ2) is 6.89. The van der Waals surface area contributed by atoms with Gasteiger partial charge in [-0.3, -0.25) is 9.78 Å². The standard InChI is InChI=1S/C20H22N4O/c1-13(2)20(25)22-18-9-6-10-21-19(18)16-7-5-8-17(12-16)24-15(4)11-14(3)23-24/h5-13H,1-4H3,(H,22,25). The van der Waals surface area contributed by atoms with Crippen molar-refractivity contribution >= 4 is 11.6 Å². The molecule has 128 valence electrons. The number of amides is 1. The van der Waals surface area contributed by atoms with Crippen LogP contribution in [0.1, 0.15) is 25.2 Å². The smallest absolute Gasteiger partial charge is 0.226 e. The summed E-state index contributed by atoms with van der Waals surface area (Å²) in [5, 5.41) is 7.50. The van der Waals surface area contributed by atoms with Crippen LogP contribution in [0.2, 0.25) is 0 Å². The SMILES string of the molecule is Cc1cc(C)n(-c2cccc(-c3ncccc3NC(=O)C(C)C)c2)n1. The van der Waals surface area contributed by atoms with Crippen molar-refractivity contribution in [2.75, 3.05) is 5.32 Å².